The molecule has 1 heterocycles. The molecule has 0 aliphatic rings. The van der Waals surface area contributed by atoms with E-state index < -0.39 is 0 Å². The van der Waals surface area contributed by atoms with Crippen LogP contribution >= 0.6 is 0 Å². The molecule has 4 heteroatoms. The van der Waals surface area contributed by atoms with Gasteiger partial charge in [-0.25, -0.2) is 0 Å². The predicted octanol–water partition coefficient (Wildman–Crippen LogP) is 3.49. The third kappa shape index (κ3) is 5.26. The Balaban J connectivity index is 1.66. The molecule has 0 fully saturated rings. The second-order valence-corrected chi connectivity index (χ2v) is 6.16. The van der Waals surface area contributed by atoms with Gasteiger partial charge in [0.05, 0.1) is 6.61 Å². The van der Waals surface area contributed by atoms with Crippen molar-refractivity contribution in [3.05, 3.63) is 101 Å². The van der Waals surface area contributed by atoms with Crippen molar-refractivity contribution in [3.63, 3.8) is 0 Å². The standard InChI is InChI=1S/C22H22N2O2/c1-18-10-12-19(13-11-18)15-24-14-6-5-9-21(24)23-22(25)17-26-16-20-7-3-2-4-8-20/h2-14H,15-17H2,1H3. The van der Waals surface area contributed by atoms with Crippen molar-refractivity contribution in [1.29, 1.82) is 0 Å². The van der Waals surface area contributed by atoms with Crippen molar-refractivity contribution >= 4 is 5.91 Å². The number of pyridine rings is 1. The lowest BCUT2D eigenvalue weighted by atomic mass is 10.1. The van der Waals surface area contributed by atoms with Gasteiger partial charge in [-0.3, -0.25) is 4.79 Å². The number of hydrogen-bond acceptors (Lipinski definition) is 2. The van der Waals surface area contributed by atoms with Crippen molar-refractivity contribution in [3.8, 4) is 0 Å². The zero-order chi connectivity index (χ0) is 18.2. The summed E-state index contributed by atoms with van der Waals surface area (Å²) in [7, 11) is 0. The average molecular weight is 346 g/mol. The number of rotatable bonds is 6. The van der Waals surface area contributed by atoms with E-state index in [4.69, 9.17) is 4.74 Å². The Morgan fingerprint density at radius 2 is 1.65 bits per heavy atom. The first-order valence-electron chi connectivity index (χ1n) is 8.61. The third-order valence-corrected chi connectivity index (χ3v) is 3.97. The summed E-state index contributed by atoms with van der Waals surface area (Å²) in [6, 6.07) is 23.8. The number of carbonyl (C=O) groups is 1. The Hall–Kier alpha value is -2.98. The first-order chi connectivity index (χ1) is 12.7. The van der Waals surface area contributed by atoms with Crippen LogP contribution in [0.5, 0.6) is 0 Å². The summed E-state index contributed by atoms with van der Waals surface area (Å²) in [4.78, 5) is 16.3. The van der Waals surface area contributed by atoms with Crippen LogP contribution in [0.2, 0.25) is 0 Å². The number of carbonyl (C=O) groups excluding carboxylic acids is 1. The van der Waals surface area contributed by atoms with Gasteiger partial charge in [-0.2, -0.15) is 4.99 Å². The lowest BCUT2D eigenvalue weighted by molar-refractivity contribution is -0.123. The molecule has 0 N–H and O–H groups in total. The molecule has 0 unspecified atom stereocenters. The van der Waals surface area contributed by atoms with Gasteiger partial charge in [0.25, 0.3) is 5.91 Å². The van der Waals surface area contributed by atoms with E-state index in [0.29, 0.717) is 18.6 Å². The normalized spacial score (nSPS) is 11.5. The second-order valence-electron chi connectivity index (χ2n) is 6.16. The molecule has 1 amide bonds. The van der Waals surface area contributed by atoms with E-state index in [-0.39, 0.29) is 12.5 Å². The van der Waals surface area contributed by atoms with Crippen LogP contribution in [0.25, 0.3) is 0 Å². The number of hydrogen-bond donors (Lipinski definition) is 0. The topological polar surface area (TPSA) is 43.6 Å². The van der Waals surface area contributed by atoms with E-state index in [1.54, 1.807) is 0 Å². The lowest BCUT2D eigenvalue weighted by Crippen LogP contribution is -2.23. The molecule has 2 aromatic carbocycles. The molecule has 0 atom stereocenters. The number of aryl methyl sites for hydroxylation is 1. The van der Waals surface area contributed by atoms with E-state index >= 15 is 0 Å². The van der Waals surface area contributed by atoms with Gasteiger partial charge in [-0.05, 0) is 30.2 Å². The first kappa shape index (κ1) is 17.8. The van der Waals surface area contributed by atoms with Gasteiger partial charge in [0.15, 0.2) is 0 Å². The maximum Gasteiger partial charge on any atom is 0.273 e. The smallest absolute Gasteiger partial charge is 0.273 e. The molecule has 3 rings (SSSR count). The monoisotopic (exact) mass is 346 g/mol. The van der Waals surface area contributed by atoms with E-state index in [0.717, 1.165) is 11.1 Å². The van der Waals surface area contributed by atoms with E-state index in [9.17, 15) is 4.79 Å². The van der Waals surface area contributed by atoms with E-state index in [2.05, 4.69) is 36.2 Å². The minimum Gasteiger partial charge on any atom is -0.367 e. The van der Waals surface area contributed by atoms with Gasteiger partial charge >= 0.3 is 0 Å². The Morgan fingerprint density at radius 3 is 2.42 bits per heavy atom. The Kier molecular flexibility index (Phi) is 6.12. The summed E-state index contributed by atoms with van der Waals surface area (Å²) >= 11 is 0. The van der Waals surface area contributed by atoms with Crippen LogP contribution in [0, 0.1) is 6.92 Å². The molecule has 0 aliphatic heterocycles. The fourth-order valence-electron chi connectivity index (χ4n) is 2.58. The van der Waals surface area contributed by atoms with Gasteiger partial charge in [-0.15, -0.1) is 0 Å². The van der Waals surface area contributed by atoms with Crippen molar-refractivity contribution in [2.45, 2.75) is 20.1 Å². The number of aromatic nitrogens is 1. The highest BCUT2D eigenvalue weighted by Gasteiger charge is 2.02. The maximum absolute atomic E-state index is 12.1. The minimum absolute atomic E-state index is 0.0334. The van der Waals surface area contributed by atoms with E-state index in [1.807, 2.05) is 59.3 Å². The summed E-state index contributed by atoms with van der Waals surface area (Å²) < 4.78 is 7.43. The largest absolute Gasteiger partial charge is 0.367 e. The summed E-state index contributed by atoms with van der Waals surface area (Å²) in [6.07, 6.45) is 1.93. The van der Waals surface area contributed by atoms with Gasteiger partial charge in [0.1, 0.15) is 12.1 Å². The van der Waals surface area contributed by atoms with Crippen LogP contribution in [-0.4, -0.2) is 17.1 Å². The summed E-state index contributed by atoms with van der Waals surface area (Å²) in [6.45, 7) is 3.10. The quantitative estimate of drug-likeness (QED) is 0.686. The zero-order valence-corrected chi connectivity index (χ0v) is 14.8. The predicted molar refractivity (Wildman–Crippen MR) is 101 cm³/mol. The van der Waals surface area contributed by atoms with Gasteiger partial charge < -0.3 is 9.30 Å². The number of nitrogens with zero attached hydrogens (tertiary/aromatic N) is 2. The van der Waals surface area contributed by atoms with Crippen molar-refractivity contribution in [2.75, 3.05) is 6.61 Å². The van der Waals surface area contributed by atoms with Crippen molar-refractivity contribution in [2.24, 2.45) is 4.99 Å². The van der Waals surface area contributed by atoms with Crippen molar-refractivity contribution < 1.29 is 9.53 Å². The van der Waals surface area contributed by atoms with Crippen LogP contribution in [0.4, 0.5) is 0 Å². The number of amides is 1. The molecule has 3 aromatic rings. The van der Waals surface area contributed by atoms with Gasteiger partial charge in [0, 0.05) is 12.7 Å². The maximum atomic E-state index is 12.1. The second kappa shape index (κ2) is 8.92. The highest BCUT2D eigenvalue weighted by Crippen LogP contribution is 2.04. The minimum atomic E-state index is -0.287. The highest BCUT2D eigenvalue weighted by atomic mass is 16.5. The van der Waals surface area contributed by atoms with Crippen LogP contribution in [0.3, 0.4) is 0 Å². The van der Waals surface area contributed by atoms with Gasteiger partial charge in [0.2, 0.25) is 0 Å². The van der Waals surface area contributed by atoms with Crippen LogP contribution in [-0.2, 0) is 22.7 Å². The molecule has 0 radical (unpaired) electrons. The Bertz CT molecular complexity index is 913. The molecular weight excluding hydrogens is 324 g/mol. The fourth-order valence-corrected chi connectivity index (χ4v) is 2.58. The summed E-state index contributed by atoms with van der Waals surface area (Å²) in [5, 5.41) is 0. The number of benzene rings is 2. The Morgan fingerprint density at radius 1 is 0.923 bits per heavy atom. The van der Waals surface area contributed by atoms with Crippen molar-refractivity contribution in [1.82, 2.24) is 4.57 Å². The molecule has 0 saturated carbocycles. The van der Waals surface area contributed by atoms with Crippen LogP contribution in [0.1, 0.15) is 16.7 Å². The molecule has 0 bridgehead atoms. The molecule has 1 aromatic heterocycles. The number of ether oxygens (including phenoxy) is 1. The van der Waals surface area contributed by atoms with E-state index in [1.165, 1.54) is 5.56 Å². The Labute approximate surface area is 153 Å². The summed E-state index contributed by atoms with van der Waals surface area (Å²) in [5.41, 5.74) is 4.05. The lowest BCUT2D eigenvalue weighted by Gasteiger charge is -2.08. The SMILES string of the molecule is Cc1ccc(Cn2ccccc2=NC(=O)COCc2ccccc2)cc1. The molecular formula is C22H22N2O2. The van der Waals surface area contributed by atoms with Crippen LogP contribution < -0.4 is 5.49 Å². The van der Waals surface area contributed by atoms with Crippen LogP contribution in [0.15, 0.2) is 84.0 Å². The fraction of sp³-hybridized carbons (Fsp3) is 0.182. The molecule has 0 spiro atoms. The molecule has 0 saturated heterocycles. The third-order valence-electron chi connectivity index (χ3n) is 3.97. The average Bonchev–Trinajstić information content (AvgIpc) is 2.66. The molecule has 4 nitrogen and oxygen atoms in total. The van der Waals surface area contributed by atoms with Gasteiger partial charge in [-0.1, -0.05) is 66.2 Å². The zero-order valence-electron chi connectivity index (χ0n) is 14.8. The molecule has 132 valence electrons. The highest BCUT2D eigenvalue weighted by molar-refractivity contribution is 5.78. The summed E-state index contributed by atoms with van der Waals surface area (Å²) in [5.74, 6) is -0.287. The first-order valence-corrected chi connectivity index (χ1v) is 8.61. The molecule has 26 heavy (non-hydrogen) atoms. The molecule has 0 aliphatic carbocycles.